The number of aromatic nitrogens is 1. The molecule has 2 aliphatic carbocycles. The van der Waals surface area contributed by atoms with E-state index in [1.165, 1.54) is 0 Å². The summed E-state index contributed by atoms with van der Waals surface area (Å²) in [6, 6.07) is 8.05. The number of hydrogen-bond acceptors (Lipinski definition) is 3. The Labute approximate surface area is 163 Å². The first kappa shape index (κ1) is 17.1. The highest BCUT2D eigenvalue weighted by Gasteiger charge is 2.42. The van der Waals surface area contributed by atoms with Gasteiger partial charge in [-0.2, -0.15) is 0 Å². The van der Waals surface area contributed by atoms with E-state index in [0.717, 1.165) is 53.7 Å². The summed E-state index contributed by atoms with van der Waals surface area (Å²) in [6.45, 7) is 0.448. The zero-order valence-electron chi connectivity index (χ0n) is 15.7. The van der Waals surface area contributed by atoms with Crippen LogP contribution in [0.15, 0.2) is 53.1 Å². The van der Waals surface area contributed by atoms with E-state index in [9.17, 15) is 9.59 Å². The van der Waals surface area contributed by atoms with Crippen LogP contribution in [-0.2, 0) is 20.9 Å². The lowest BCUT2D eigenvalue weighted by Gasteiger charge is -2.35. The van der Waals surface area contributed by atoms with E-state index in [0.29, 0.717) is 30.5 Å². The number of para-hydroxylation sites is 1. The van der Waals surface area contributed by atoms with E-state index >= 15 is 0 Å². The van der Waals surface area contributed by atoms with E-state index in [4.69, 9.17) is 11.2 Å². The molecule has 1 aromatic carbocycles. The second-order valence-electron chi connectivity index (χ2n) is 7.70. The number of allylic oxidation sites excluding steroid dienone is 4. The van der Waals surface area contributed by atoms with Crippen molar-refractivity contribution in [3.05, 3.63) is 58.7 Å². The molecule has 0 atom stereocenters. The number of ether oxygens (including phenoxy) is 1. The van der Waals surface area contributed by atoms with Gasteiger partial charge in [0.25, 0.3) is 0 Å². The lowest BCUT2D eigenvalue weighted by molar-refractivity contribution is -0.117. The number of Topliss-reactive ketones (excluding diaryl/α,β-unsaturated/α-hetero) is 2. The summed E-state index contributed by atoms with van der Waals surface area (Å²) in [4.78, 5) is 25.9. The summed E-state index contributed by atoms with van der Waals surface area (Å²) in [7, 11) is 0. The van der Waals surface area contributed by atoms with Gasteiger partial charge in [-0.05, 0) is 24.5 Å². The number of carbonyl (C=O) groups excluding carboxylic acids is 2. The van der Waals surface area contributed by atoms with Crippen molar-refractivity contribution in [1.29, 1.82) is 0 Å². The fraction of sp³-hybridized carbons (Fsp3) is 0.333. The quantitative estimate of drug-likeness (QED) is 0.735. The molecule has 0 radical (unpaired) electrons. The van der Waals surface area contributed by atoms with Gasteiger partial charge in [0.15, 0.2) is 11.6 Å². The van der Waals surface area contributed by atoms with Gasteiger partial charge >= 0.3 is 0 Å². The van der Waals surface area contributed by atoms with E-state index in [1.807, 2.05) is 35.0 Å². The van der Waals surface area contributed by atoms with Crippen LogP contribution in [0.2, 0.25) is 0 Å². The molecule has 1 aliphatic heterocycles. The minimum atomic E-state index is -0.344. The fourth-order valence-corrected chi connectivity index (χ4v) is 4.86. The minimum absolute atomic E-state index is 0.102. The molecule has 0 spiro atoms. The topological polar surface area (TPSA) is 48.3 Å². The van der Waals surface area contributed by atoms with Gasteiger partial charge in [0, 0.05) is 59.8 Å². The van der Waals surface area contributed by atoms with Crippen LogP contribution in [0, 0.1) is 12.3 Å². The lowest BCUT2D eigenvalue weighted by Crippen LogP contribution is -2.30. The molecule has 0 saturated heterocycles. The molecular weight excluding hydrogens is 350 g/mol. The van der Waals surface area contributed by atoms with Gasteiger partial charge in [-0.15, -0.1) is 6.42 Å². The predicted molar refractivity (Wildman–Crippen MR) is 106 cm³/mol. The van der Waals surface area contributed by atoms with Crippen molar-refractivity contribution < 1.29 is 14.3 Å². The van der Waals surface area contributed by atoms with Crippen molar-refractivity contribution in [3.8, 4) is 12.3 Å². The first-order valence-electron chi connectivity index (χ1n) is 9.90. The van der Waals surface area contributed by atoms with Crippen LogP contribution >= 0.6 is 0 Å². The van der Waals surface area contributed by atoms with Crippen molar-refractivity contribution >= 4 is 22.5 Å². The molecule has 0 saturated carbocycles. The summed E-state index contributed by atoms with van der Waals surface area (Å²) in [5, 5.41) is 1.04. The van der Waals surface area contributed by atoms with E-state index in [2.05, 4.69) is 5.92 Å². The smallest absolute Gasteiger partial charge is 0.163 e. The maximum absolute atomic E-state index is 13.0. The Hall–Kier alpha value is -3.06. The maximum Gasteiger partial charge on any atom is 0.163 e. The normalized spacial score (nSPS) is 20.1. The van der Waals surface area contributed by atoms with Gasteiger partial charge in [0.05, 0.1) is 6.54 Å². The summed E-state index contributed by atoms with van der Waals surface area (Å²) < 4.78 is 8.16. The molecule has 4 heteroatoms. The van der Waals surface area contributed by atoms with Gasteiger partial charge in [-0.1, -0.05) is 24.1 Å². The number of terminal acetylenes is 1. The molecule has 140 valence electrons. The Kier molecular flexibility index (Phi) is 3.98. The fourth-order valence-electron chi connectivity index (χ4n) is 4.86. The minimum Gasteiger partial charge on any atom is -0.465 e. The van der Waals surface area contributed by atoms with Crippen molar-refractivity contribution in [2.45, 2.75) is 51.0 Å². The van der Waals surface area contributed by atoms with Crippen LogP contribution in [0.5, 0.6) is 0 Å². The SMILES string of the molecule is C#CCn1cc(C2C3=C(CCCC3=O)OC3=C2C(=O)CCC3)c2ccccc21. The van der Waals surface area contributed by atoms with E-state index in [1.54, 1.807) is 0 Å². The monoisotopic (exact) mass is 371 g/mol. The molecule has 28 heavy (non-hydrogen) atoms. The van der Waals surface area contributed by atoms with Gasteiger partial charge in [-0.25, -0.2) is 0 Å². The third-order valence-corrected chi connectivity index (χ3v) is 6.03. The van der Waals surface area contributed by atoms with Gasteiger partial charge < -0.3 is 9.30 Å². The van der Waals surface area contributed by atoms with Crippen LogP contribution in [0.4, 0.5) is 0 Å². The molecule has 0 amide bonds. The Balaban J connectivity index is 1.79. The summed E-state index contributed by atoms with van der Waals surface area (Å²) >= 11 is 0. The molecular formula is C24H21NO3. The number of rotatable bonds is 2. The molecule has 0 unspecified atom stereocenters. The Bertz CT molecular complexity index is 1080. The third-order valence-electron chi connectivity index (χ3n) is 6.03. The molecule has 3 aliphatic rings. The molecule has 2 aromatic rings. The number of fused-ring (bicyclic) bond motifs is 1. The predicted octanol–water partition coefficient (Wildman–Crippen LogP) is 4.40. The molecule has 5 rings (SSSR count). The second-order valence-corrected chi connectivity index (χ2v) is 7.70. The molecule has 2 heterocycles. The Morgan fingerprint density at radius 1 is 1.00 bits per heavy atom. The van der Waals surface area contributed by atoms with Crippen molar-refractivity contribution in [3.63, 3.8) is 0 Å². The zero-order valence-corrected chi connectivity index (χ0v) is 15.7. The van der Waals surface area contributed by atoms with Gasteiger partial charge in [-0.3, -0.25) is 9.59 Å². The Morgan fingerprint density at radius 2 is 1.64 bits per heavy atom. The molecule has 1 aromatic heterocycles. The largest absolute Gasteiger partial charge is 0.465 e. The van der Waals surface area contributed by atoms with E-state index < -0.39 is 0 Å². The second kappa shape index (κ2) is 6.53. The van der Waals surface area contributed by atoms with Crippen LogP contribution in [-0.4, -0.2) is 16.1 Å². The van der Waals surface area contributed by atoms with Crippen LogP contribution in [0.3, 0.4) is 0 Å². The number of nitrogens with zero attached hydrogens (tertiary/aromatic N) is 1. The first-order valence-corrected chi connectivity index (χ1v) is 9.90. The number of carbonyl (C=O) groups is 2. The molecule has 0 N–H and O–H groups in total. The summed E-state index contributed by atoms with van der Waals surface area (Å²) in [5.41, 5.74) is 3.38. The van der Waals surface area contributed by atoms with Crippen molar-refractivity contribution in [2.75, 3.05) is 0 Å². The van der Waals surface area contributed by atoms with E-state index in [-0.39, 0.29) is 17.5 Å². The zero-order chi connectivity index (χ0) is 19.3. The highest BCUT2D eigenvalue weighted by atomic mass is 16.5. The average molecular weight is 371 g/mol. The number of ketones is 2. The highest BCUT2D eigenvalue weighted by Crippen LogP contribution is 2.49. The standard InChI is InChI=1S/C24H21NO3/c1-2-13-25-14-16(15-7-3-4-8-17(15)25)22-23-18(26)9-5-11-20(23)28-21-12-6-10-19(27)24(21)22/h1,3-4,7-8,14,22H,5-6,9-13H2. The van der Waals surface area contributed by atoms with Crippen LogP contribution in [0.25, 0.3) is 10.9 Å². The first-order chi connectivity index (χ1) is 13.7. The van der Waals surface area contributed by atoms with Crippen LogP contribution < -0.4 is 0 Å². The van der Waals surface area contributed by atoms with Crippen LogP contribution in [0.1, 0.15) is 50.0 Å². The van der Waals surface area contributed by atoms with Crippen molar-refractivity contribution in [1.82, 2.24) is 4.57 Å². The lowest BCUT2D eigenvalue weighted by atomic mass is 9.73. The summed E-state index contributed by atoms with van der Waals surface area (Å²) in [6.07, 6.45) is 11.8. The van der Waals surface area contributed by atoms with Crippen molar-refractivity contribution in [2.24, 2.45) is 0 Å². The van der Waals surface area contributed by atoms with Gasteiger partial charge in [0.2, 0.25) is 0 Å². The maximum atomic E-state index is 13.0. The molecule has 0 bridgehead atoms. The Morgan fingerprint density at radius 3 is 2.29 bits per heavy atom. The molecule has 4 nitrogen and oxygen atoms in total. The summed E-state index contributed by atoms with van der Waals surface area (Å²) in [5.74, 6) is 4.10. The average Bonchev–Trinajstić information content (AvgIpc) is 3.06. The highest BCUT2D eigenvalue weighted by molar-refractivity contribution is 6.07. The molecule has 0 fully saturated rings. The number of hydrogen-bond donors (Lipinski definition) is 0. The number of benzene rings is 1. The third kappa shape index (κ3) is 2.46. The van der Waals surface area contributed by atoms with Gasteiger partial charge in [0.1, 0.15) is 11.5 Å².